The van der Waals surface area contributed by atoms with Crippen LogP contribution in [0.25, 0.3) is 0 Å². The Bertz CT molecular complexity index is 540. The van der Waals surface area contributed by atoms with Crippen molar-refractivity contribution in [1.29, 1.82) is 0 Å². The van der Waals surface area contributed by atoms with Crippen LogP contribution in [0.15, 0.2) is 24.3 Å². The molecule has 1 heterocycles. The molecule has 21 heavy (non-hydrogen) atoms. The lowest BCUT2D eigenvalue weighted by Crippen LogP contribution is -2.37. The first kappa shape index (κ1) is 14.4. The maximum Gasteiger partial charge on any atom is 0.253 e. The number of amides is 2. The smallest absolute Gasteiger partial charge is 0.253 e. The van der Waals surface area contributed by atoms with Gasteiger partial charge in [0.15, 0.2) is 0 Å². The first-order chi connectivity index (χ1) is 10.1. The van der Waals surface area contributed by atoms with Gasteiger partial charge in [-0.25, -0.2) is 0 Å². The lowest BCUT2D eigenvalue weighted by Gasteiger charge is -2.22. The highest BCUT2D eigenvalue weighted by molar-refractivity contribution is 6.30. The van der Waals surface area contributed by atoms with Crippen molar-refractivity contribution in [3.8, 4) is 0 Å². The first-order valence-corrected chi connectivity index (χ1v) is 7.86. The van der Waals surface area contributed by atoms with Gasteiger partial charge < -0.3 is 9.80 Å². The van der Waals surface area contributed by atoms with E-state index in [-0.39, 0.29) is 17.7 Å². The van der Waals surface area contributed by atoms with Gasteiger partial charge in [0.1, 0.15) is 0 Å². The van der Waals surface area contributed by atoms with Crippen LogP contribution < -0.4 is 0 Å². The van der Waals surface area contributed by atoms with Crippen LogP contribution in [-0.2, 0) is 4.79 Å². The average molecular weight is 307 g/mol. The van der Waals surface area contributed by atoms with E-state index < -0.39 is 0 Å². The lowest BCUT2D eigenvalue weighted by atomic mass is 10.2. The van der Waals surface area contributed by atoms with Crippen LogP contribution in [0.3, 0.4) is 0 Å². The highest BCUT2D eigenvalue weighted by atomic mass is 35.5. The molecule has 0 atom stereocenters. The highest BCUT2D eigenvalue weighted by Crippen LogP contribution is 2.31. The van der Waals surface area contributed by atoms with Gasteiger partial charge in [0, 0.05) is 42.7 Å². The Morgan fingerprint density at radius 3 is 2.24 bits per heavy atom. The molecular weight excluding hydrogens is 288 g/mol. The second kappa shape index (κ2) is 6.06. The SMILES string of the molecule is O=C(c1ccc(Cl)cc1)N1CCCN(C(=O)C2CC2)CC1. The van der Waals surface area contributed by atoms with Crippen LogP contribution >= 0.6 is 11.6 Å². The third kappa shape index (κ3) is 3.38. The van der Waals surface area contributed by atoms with Crippen molar-refractivity contribution in [2.45, 2.75) is 19.3 Å². The van der Waals surface area contributed by atoms with Gasteiger partial charge in [-0.2, -0.15) is 0 Å². The minimum atomic E-state index is 0.0207. The Morgan fingerprint density at radius 1 is 0.952 bits per heavy atom. The van der Waals surface area contributed by atoms with E-state index in [9.17, 15) is 9.59 Å². The van der Waals surface area contributed by atoms with Gasteiger partial charge in [-0.05, 0) is 43.5 Å². The van der Waals surface area contributed by atoms with E-state index in [0.29, 0.717) is 30.2 Å². The van der Waals surface area contributed by atoms with Gasteiger partial charge in [-0.3, -0.25) is 9.59 Å². The molecule has 3 rings (SSSR count). The lowest BCUT2D eigenvalue weighted by molar-refractivity contribution is -0.132. The number of carbonyl (C=O) groups excluding carboxylic acids is 2. The molecule has 1 saturated heterocycles. The molecule has 5 heteroatoms. The number of benzene rings is 1. The van der Waals surface area contributed by atoms with Gasteiger partial charge in [0.05, 0.1) is 0 Å². The molecule has 2 aliphatic rings. The van der Waals surface area contributed by atoms with Crippen molar-refractivity contribution >= 4 is 23.4 Å². The summed E-state index contributed by atoms with van der Waals surface area (Å²) < 4.78 is 0. The van der Waals surface area contributed by atoms with E-state index >= 15 is 0 Å². The number of rotatable bonds is 2. The fourth-order valence-corrected chi connectivity index (χ4v) is 2.83. The van der Waals surface area contributed by atoms with Crippen molar-refractivity contribution in [1.82, 2.24) is 9.80 Å². The number of nitrogens with zero attached hydrogens (tertiary/aromatic N) is 2. The fraction of sp³-hybridized carbons (Fsp3) is 0.500. The van der Waals surface area contributed by atoms with Gasteiger partial charge >= 0.3 is 0 Å². The Labute approximate surface area is 129 Å². The minimum Gasteiger partial charge on any atom is -0.341 e. The molecule has 0 aromatic heterocycles. The molecule has 2 amide bonds. The van der Waals surface area contributed by atoms with Crippen molar-refractivity contribution in [2.75, 3.05) is 26.2 Å². The van der Waals surface area contributed by atoms with Gasteiger partial charge in [-0.15, -0.1) is 0 Å². The zero-order valence-corrected chi connectivity index (χ0v) is 12.7. The Morgan fingerprint density at radius 2 is 1.57 bits per heavy atom. The van der Waals surface area contributed by atoms with E-state index in [1.54, 1.807) is 24.3 Å². The number of hydrogen-bond acceptors (Lipinski definition) is 2. The Balaban J connectivity index is 1.62. The zero-order valence-electron chi connectivity index (χ0n) is 11.9. The second-order valence-corrected chi connectivity index (χ2v) is 6.19. The molecule has 0 radical (unpaired) electrons. The molecule has 1 aliphatic carbocycles. The highest BCUT2D eigenvalue weighted by Gasteiger charge is 2.34. The van der Waals surface area contributed by atoms with Crippen molar-refractivity contribution in [2.24, 2.45) is 5.92 Å². The summed E-state index contributed by atoms with van der Waals surface area (Å²) in [5, 5.41) is 0.628. The maximum absolute atomic E-state index is 12.5. The van der Waals surface area contributed by atoms with Crippen LogP contribution in [0.2, 0.25) is 5.02 Å². The van der Waals surface area contributed by atoms with E-state index in [4.69, 9.17) is 11.6 Å². The van der Waals surface area contributed by atoms with E-state index in [1.807, 2.05) is 9.80 Å². The summed E-state index contributed by atoms with van der Waals surface area (Å²) in [6.07, 6.45) is 2.91. The van der Waals surface area contributed by atoms with E-state index in [1.165, 1.54) is 0 Å². The van der Waals surface area contributed by atoms with Crippen molar-refractivity contribution < 1.29 is 9.59 Å². The summed E-state index contributed by atoms with van der Waals surface area (Å²) in [4.78, 5) is 28.3. The molecule has 2 fully saturated rings. The molecule has 1 aromatic rings. The van der Waals surface area contributed by atoms with Crippen LogP contribution in [-0.4, -0.2) is 47.8 Å². The monoisotopic (exact) mass is 306 g/mol. The van der Waals surface area contributed by atoms with E-state index in [2.05, 4.69) is 0 Å². The Hall–Kier alpha value is -1.55. The second-order valence-electron chi connectivity index (χ2n) is 5.75. The van der Waals surface area contributed by atoms with Crippen molar-refractivity contribution in [3.05, 3.63) is 34.9 Å². The number of carbonyl (C=O) groups is 2. The summed E-state index contributed by atoms with van der Waals surface area (Å²) in [5.41, 5.74) is 0.654. The zero-order chi connectivity index (χ0) is 14.8. The molecular formula is C16H19ClN2O2. The summed E-state index contributed by atoms with van der Waals surface area (Å²) in [6.45, 7) is 2.73. The summed E-state index contributed by atoms with van der Waals surface area (Å²) in [7, 11) is 0. The summed E-state index contributed by atoms with van der Waals surface area (Å²) in [5.74, 6) is 0.548. The molecule has 0 N–H and O–H groups in total. The number of hydrogen-bond donors (Lipinski definition) is 0. The Kier molecular flexibility index (Phi) is 4.15. The quantitative estimate of drug-likeness (QED) is 0.842. The summed E-state index contributed by atoms with van der Waals surface area (Å²) >= 11 is 5.85. The third-order valence-electron chi connectivity index (χ3n) is 4.11. The van der Waals surface area contributed by atoms with E-state index in [0.717, 1.165) is 25.8 Å². The number of halogens is 1. The van der Waals surface area contributed by atoms with Crippen LogP contribution in [0.1, 0.15) is 29.6 Å². The molecule has 1 aliphatic heterocycles. The third-order valence-corrected chi connectivity index (χ3v) is 4.36. The molecule has 1 aromatic carbocycles. The van der Waals surface area contributed by atoms with Gasteiger partial charge in [0.2, 0.25) is 5.91 Å². The maximum atomic E-state index is 12.5. The predicted molar refractivity (Wildman–Crippen MR) is 81.3 cm³/mol. The standard InChI is InChI=1S/C16H19ClN2O2/c17-14-6-4-13(5-7-14)16(21)19-9-1-8-18(10-11-19)15(20)12-2-3-12/h4-7,12H,1-3,8-11H2. The van der Waals surface area contributed by atoms with Crippen LogP contribution in [0.4, 0.5) is 0 Å². The molecule has 1 saturated carbocycles. The largest absolute Gasteiger partial charge is 0.341 e. The predicted octanol–water partition coefficient (Wildman–Crippen LogP) is 2.42. The normalized spacial score (nSPS) is 19.3. The van der Waals surface area contributed by atoms with Gasteiger partial charge in [0.25, 0.3) is 5.91 Å². The summed E-state index contributed by atoms with van der Waals surface area (Å²) in [6, 6.07) is 6.97. The first-order valence-electron chi connectivity index (χ1n) is 7.49. The van der Waals surface area contributed by atoms with Crippen LogP contribution in [0.5, 0.6) is 0 Å². The minimum absolute atomic E-state index is 0.0207. The van der Waals surface area contributed by atoms with Gasteiger partial charge in [-0.1, -0.05) is 11.6 Å². The molecule has 0 bridgehead atoms. The molecule has 0 unspecified atom stereocenters. The molecule has 112 valence electrons. The van der Waals surface area contributed by atoms with Crippen LogP contribution in [0, 0.1) is 5.92 Å². The molecule has 0 spiro atoms. The van der Waals surface area contributed by atoms with Crippen molar-refractivity contribution in [3.63, 3.8) is 0 Å². The fourth-order valence-electron chi connectivity index (χ4n) is 2.70. The molecule has 4 nitrogen and oxygen atoms in total. The average Bonchev–Trinajstić information content (AvgIpc) is 3.33. The topological polar surface area (TPSA) is 40.6 Å².